The molecule has 13 heavy (non-hydrogen) atoms. The third-order valence-corrected chi connectivity index (χ3v) is 2.21. The third kappa shape index (κ3) is 3.68. The van der Waals surface area contributed by atoms with Gasteiger partial charge in [-0.3, -0.25) is 0 Å². The van der Waals surface area contributed by atoms with Crippen LogP contribution in [-0.4, -0.2) is 17.0 Å². The van der Waals surface area contributed by atoms with Crippen LogP contribution >= 0.6 is 15.9 Å². The van der Waals surface area contributed by atoms with E-state index in [9.17, 15) is 5.11 Å². The summed E-state index contributed by atoms with van der Waals surface area (Å²) >= 11 is 3.35. The maximum Gasteiger partial charge on any atom is 0.160 e. The second-order valence-corrected chi connectivity index (χ2v) is 3.51. The van der Waals surface area contributed by atoms with E-state index in [2.05, 4.69) is 15.9 Å². The summed E-state index contributed by atoms with van der Waals surface area (Å²) in [6.45, 7) is 0.656. The van der Waals surface area contributed by atoms with E-state index in [1.54, 1.807) is 18.2 Å². The van der Waals surface area contributed by atoms with Crippen LogP contribution in [0.1, 0.15) is 12.8 Å². The number of hydrogen-bond acceptors (Lipinski definition) is 2. The molecule has 0 aliphatic rings. The number of aromatic hydroxyl groups is 1. The fourth-order valence-corrected chi connectivity index (χ4v) is 1.35. The lowest BCUT2D eigenvalue weighted by Crippen LogP contribution is -1.97. The monoisotopic (exact) mass is 244 g/mol. The number of para-hydroxylation sites is 2. The van der Waals surface area contributed by atoms with Crippen LogP contribution in [0.4, 0.5) is 0 Å². The molecule has 0 aliphatic carbocycles. The predicted octanol–water partition coefficient (Wildman–Crippen LogP) is 2.95. The molecule has 0 bridgehead atoms. The molecule has 0 spiro atoms. The van der Waals surface area contributed by atoms with Crippen LogP contribution in [0.5, 0.6) is 11.5 Å². The molecule has 0 saturated carbocycles. The lowest BCUT2D eigenvalue weighted by Gasteiger charge is -2.06. The van der Waals surface area contributed by atoms with Gasteiger partial charge in [-0.05, 0) is 25.0 Å². The van der Waals surface area contributed by atoms with Gasteiger partial charge < -0.3 is 9.84 Å². The molecule has 1 aromatic carbocycles. The Labute approximate surface area is 86.7 Å². The number of phenols is 1. The summed E-state index contributed by atoms with van der Waals surface area (Å²) in [5.74, 6) is 0.776. The fourth-order valence-electron chi connectivity index (χ4n) is 0.958. The van der Waals surface area contributed by atoms with Gasteiger partial charge in [-0.2, -0.15) is 0 Å². The molecule has 0 heterocycles. The Balaban J connectivity index is 2.32. The minimum absolute atomic E-state index is 0.210. The Bertz CT molecular complexity index is 250. The van der Waals surface area contributed by atoms with Gasteiger partial charge in [-0.25, -0.2) is 0 Å². The molecule has 0 atom stereocenters. The summed E-state index contributed by atoms with van der Waals surface area (Å²) in [5, 5.41) is 10.3. The van der Waals surface area contributed by atoms with Crippen molar-refractivity contribution >= 4 is 15.9 Å². The topological polar surface area (TPSA) is 29.5 Å². The van der Waals surface area contributed by atoms with E-state index in [-0.39, 0.29) is 5.75 Å². The molecule has 0 amide bonds. The van der Waals surface area contributed by atoms with E-state index in [4.69, 9.17) is 4.74 Å². The molecule has 1 rings (SSSR count). The molecular weight excluding hydrogens is 232 g/mol. The highest BCUT2D eigenvalue weighted by atomic mass is 79.9. The van der Waals surface area contributed by atoms with Gasteiger partial charge in [0.2, 0.25) is 0 Å². The normalized spacial score (nSPS) is 9.92. The van der Waals surface area contributed by atoms with Crippen molar-refractivity contribution in [2.75, 3.05) is 11.9 Å². The lowest BCUT2D eigenvalue weighted by atomic mass is 10.3. The highest BCUT2D eigenvalue weighted by Crippen LogP contribution is 2.24. The first-order chi connectivity index (χ1) is 6.34. The molecule has 1 aromatic rings. The summed E-state index contributed by atoms with van der Waals surface area (Å²) in [4.78, 5) is 0. The van der Waals surface area contributed by atoms with Crippen molar-refractivity contribution in [3.05, 3.63) is 24.3 Å². The molecule has 0 saturated heterocycles. The molecule has 0 aromatic heterocycles. The van der Waals surface area contributed by atoms with E-state index in [1.807, 2.05) is 6.07 Å². The van der Waals surface area contributed by atoms with Crippen molar-refractivity contribution in [1.29, 1.82) is 0 Å². The van der Waals surface area contributed by atoms with E-state index in [0.29, 0.717) is 12.4 Å². The molecule has 3 heteroatoms. The third-order valence-electron chi connectivity index (χ3n) is 1.65. The van der Waals surface area contributed by atoms with Gasteiger partial charge in [-0.15, -0.1) is 0 Å². The highest BCUT2D eigenvalue weighted by Gasteiger charge is 1.98. The average molecular weight is 245 g/mol. The molecule has 72 valence electrons. The zero-order valence-corrected chi connectivity index (χ0v) is 8.96. The summed E-state index contributed by atoms with van der Waals surface area (Å²) in [6, 6.07) is 7.02. The highest BCUT2D eigenvalue weighted by molar-refractivity contribution is 9.09. The van der Waals surface area contributed by atoms with Crippen molar-refractivity contribution < 1.29 is 9.84 Å². The van der Waals surface area contributed by atoms with E-state index >= 15 is 0 Å². The zero-order chi connectivity index (χ0) is 9.52. The molecule has 2 nitrogen and oxygen atoms in total. The first-order valence-electron chi connectivity index (χ1n) is 4.31. The van der Waals surface area contributed by atoms with Gasteiger partial charge in [0.25, 0.3) is 0 Å². The predicted molar refractivity (Wildman–Crippen MR) is 56.6 cm³/mol. The Morgan fingerprint density at radius 3 is 2.69 bits per heavy atom. The lowest BCUT2D eigenvalue weighted by molar-refractivity contribution is 0.293. The van der Waals surface area contributed by atoms with Crippen LogP contribution in [0, 0.1) is 0 Å². The van der Waals surface area contributed by atoms with Gasteiger partial charge >= 0.3 is 0 Å². The SMILES string of the molecule is Oc1ccccc1OCCCCBr. The molecular formula is C10H13BrO2. The van der Waals surface area contributed by atoms with Crippen LogP contribution in [0.15, 0.2) is 24.3 Å². The molecule has 0 aliphatic heterocycles. The number of ether oxygens (including phenoxy) is 1. The Kier molecular flexibility index (Phi) is 4.68. The van der Waals surface area contributed by atoms with Crippen LogP contribution in [-0.2, 0) is 0 Å². The number of benzene rings is 1. The number of alkyl halides is 1. The van der Waals surface area contributed by atoms with Crippen molar-refractivity contribution in [3.63, 3.8) is 0 Å². The van der Waals surface area contributed by atoms with Crippen molar-refractivity contribution in [3.8, 4) is 11.5 Å². The molecule has 0 fully saturated rings. The summed E-state index contributed by atoms with van der Waals surface area (Å²) in [5.41, 5.74) is 0. The number of unbranched alkanes of at least 4 members (excludes halogenated alkanes) is 1. The molecule has 0 radical (unpaired) electrons. The van der Waals surface area contributed by atoms with Gasteiger partial charge in [0.15, 0.2) is 11.5 Å². The fraction of sp³-hybridized carbons (Fsp3) is 0.400. The maximum atomic E-state index is 9.33. The number of hydrogen-bond donors (Lipinski definition) is 1. The van der Waals surface area contributed by atoms with Gasteiger partial charge in [0.1, 0.15) is 0 Å². The maximum absolute atomic E-state index is 9.33. The van der Waals surface area contributed by atoms with E-state index < -0.39 is 0 Å². The van der Waals surface area contributed by atoms with Crippen LogP contribution < -0.4 is 4.74 Å². The van der Waals surface area contributed by atoms with Crippen molar-refractivity contribution in [2.24, 2.45) is 0 Å². The number of phenolic OH excluding ortho intramolecular Hbond substituents is 1. The molecule has 0 unspecified atom stereocenters. The van der Waals surface area contributed by atoms with Crippen LogP contribution in [0.25, 0.3) is 0 Å². The Morgan fingerprint density at radius 1 is 1.23 bits per heavy atom. The van der Waals surface area contributed by atoms with Gasteiger partial charge in [0, 0.05) is 5.33 Å². The van der Waals surface area contributed by atoms with Crippen molar-refractivity contribution in [1.82, 2.24) is 0 Å². The smallest absolute Gasteiger partial charge is 0.160 e. The van der Waals surface area contributed by atoms with Crippen LogP contribution in [0.3, 0.4) is 0 Å². The van der Waals surface area contributed by atoms with Gasteiger partial charge in [0.05, 0.1) is 6.61 Å². The van der Waals surface area contributed by atoms with Gasteiger partial charge in [-0.1, -0.05) is 28.1 Å². The number of halogens is 1. The Hall–Kier alpha value is -0.700. The molecule has 1 N–H and O–H groups in total. The number of rotatable bonds is 5. The average Bonchev–Trinajstić information content (AvgIpc) is 2.15. The summed E-state index contributed by atoms with van der Waals surface area (Å²) in [7, 11) is 0. The van der Waals surface area contributed by atoms with Crippen LogP contribution in [0.2, 0.25) is 0 Å². The largest absolute Gasteiger partial charge is 0.504 e. The second-order valence-electron chi connectivity index (χ2n) is 2.71. The quantitative estimate of drug-likeness (QED) is 0.638. The first kappa shape index (κ1) is 10.4. The summed E-state index contributed by atoms with van der Waals surface area (Å²) in [6.07, 6.45) is 2.09. The van der Waals surface area contributed by atoms with E-state index in [1.165, 1.54) is 0 Å². The minimum atomic E-state index is 0.210. The standard InChI is InChI=1S/C10H13BrO2/c11-7-3-4-8-13-10-6-2-1-5-9(10)12/h1-2,5-6,12H,3-4,7-8H2. The second kappa shape index (κ2) is 5.86. The minimum Gasteiger partial charge on any atom is -0.504 e. The zero-order valence-electron chi connectivity index (χ0n) is 7.37. The van der Waals surface area contributed by atoms with E-state index in [0.717, 1.165) is 18.2 Å². The van der Waals surface area contributed by atoms with Crippen molar-refractivity contribution in [2.45, 2.75) is 12.8 Å². The summed E-state index contributed by atoms with van der Waals surface area (Å²) < 4.78 is 5.37. The Morgan fingerprint density at radius 2 is 2.00 bits per heavy atom. The first-order valence-corrected chi connectivity index (χ1v) is 5.43.